The van der Waals surface area contributed by atoms with Gasteiger partial charge in [0.2, 0.25) is 0 Å². The molecule has 0 amide bonds. The highest BCUT2D eigenvalue weighted by Crippen LogP contribution is 2.70. The third kappa shape index (κ3) is 7.20. The maximum atomic E-state index is 12.9. The molecule has 18 heteroatoms. The molecule has 2 bridgehead atoms. The van der Waals surface area contributed by atoms with Crippen molar-refractivity contribution in [3.05, 3.63) is 12.2 Å². The van der Waals surface area contributed by atoms with Gasteiger partial charge in [0, 0.05) is 18.4 Å². The van der Waals surface area contributed by atoms with Crippen molar-refractivity contribution in [1.82, 2.24) is 0 Å². The minimum Gasteiger partial charge on any atom is -0.481 e. The number of aliphatic carboxylic acids is 1. The number of carboxylic acids is 1. The third-order valence-corrected chi connectivity index (χ3v) is 12.5. The summed E-state index contributed by atoms with van der Waals surface area (Å²) in [4.78, 5) is 25.7. The Bertz CT molecular complexity index is 1490. The van der Waals surface area contributed by atoms with E-state index < -0.39 is 98.9 Å². The number of esters is 1. The first-order valence-corrected chi connectivity index (χ1v) is 19.0. The summed E-state index contributed by atoms with van der Waals surface area (Å²) in [6.07, 6.45) is -7.15. The number of carbonyl (C=O) groups excluding carboxylic acids is 1. The van der Waals surface area contributed by atoms with E-state index in [9.17, 15) is 45.7 Å². The first-order chi connectivity index (χ1) is 22.2. The van der Waals surface area contributed by atoms with E-state index in [2.05, 4.69) is 10.8 Å². The zero-order valence-electron chi connectivity index (χ0n) is 27.2. The highest BCUT2D eigenvalue weighted by Gasteiger charge is 2.67. The lowest BCUT2D eigenvalue weighted by Crippen LogP contribution is -2.64. The van der Waals surface area contributed by atoms with Gasteiger partial charge in [0.25, 0.3) is 0 Å². The second-order valence-corrected chi connectivity index (χ2v) is 16.9. The minimum absolute atomic E-state index is 0.0157. The Kier molecular flexibility index (Phi) is 10.5. The van der Waals surface area contributed by atoms with E-state index in [-0.39, 0.29) is 36.5 Å². The summed E-state index contributed by atoms with van der Waals surface area (Å²) in [6.45, 7) is 9.08. The van der Waals surface area contributed by atoms with Crippen LogP contribution in [0.3, 0.4) is 0 Å². The first-order valence-electron chi connectivity index (χ1n) is 16.3. The number of fused-ring (bicyclic) bond motifs is 3. The monoisotopic (exact) mass is 725 g/mol. The molecule has 0 aromatic rings. The molecule has 274 valence electrons. The van der Waals surface area contributed by atoms with Gasteiger partial charge in [-0.1, -0.05) is 27.4 Å². The van der Waals surface area contributed by atoms with Crippen LogP contribution in [0, 0.1) is 40.4 Å². The number of hydrogen-bond donors (Lipinski definition) is 5. The topological polar surface area (TPSA) is 256 Å². The number of carboxylic acid groups (broad SMARTS) is 1. The number of aliphatic hydroxyl groups is 1. The lowest BCUT2D eigenvalue weighted by atomic mass is 9.43. The van der Waals surface area contributed by atoms with Crippen LogP contribution in [0.1, 0.15) is 72.1 Å². The van der Waals surface area contributed by atoms with Crippen LogP contribution >= 0.6 is 0 Å². The van der Waals surface area contributed by atoms with Crippen molar-refractivity contribution in [1.29, 1.82) is 0 Å². The van der Waals surface area contributed by atoms with Gasteiger partial charge >= 0.3 is 32.7 Å². The molecule has 5 fully saturated rings. The predicted octanol–water partition coefficient (Wildman–Crippen LogP) is 1.63. The van der Waals surface area contributed by atoms with E-state index in [1.54, 1.807) is 13.8 Å². The van der Waals surface area contributed by atoms with Gasteiger partial charge in [-0.05, 0) is 79.6 Å². The summed E-state index contributed by atoms with van der Waals surface area (Å²) >= 11 is 0. The minimum atomic E-state index is -5.37. The highest BCUT2D eigenvalue weighted by molar-refractivity contribution is 7.81. The molecule has 1 spiro atoms. The lowest BCUT2D eigenvalue weighted by Gasteiger charge is -2.62. The standard InChI is InChI=1S/C30H47NO15S2/c1-14(2)9-22(32)44-25-24(46-48(39,40)41)23(45-47(36,37)38)20(13-31)43-28(25)42-17-10-18(27(34)35)19-7-8-30-11-16(15(3)26(30)33)5-6-21(30)29(19,4)12-17/h14,16-21,23-26,28,33H,3,5-13,31H2,1-2,4H3,(H,34,35)(H,36,37,38)(H,39,40,41)/t16?,17?,18?,19?,20-,21?,23-,24-,25?,26+,28+,29?,30?/m1/s1. The molecule has 1 aliphatic heterocycles. The molecule has 1 saturated heterocycles. The molecule has 5 aliphatic rings. The SMILES string of the molecule is C=C1C2CCC3C4(C)CC(O[C@H]5O[C@H](CN)[C@@H](OS(=O)(=O)O)[C@@H](OS(=O)(=O)O)C5OC(=O)CC(C)C)CC(C(=O)O)C4CCC3(C2)[C@H]1O. The summed E-state index contributed by atoms with van der Waals surface area (Å²) in [6, 6.07) is 0. The van der Waals surface area contributed by atoms with Crippen LogP contribution in [0.5, 0.6) is 0 Å². The third-order valence-electron chi connectivity index (χ3n) is 11.6. The summed E-state index contributed by atoms with van der Waals surface area (Å²) in [5.74, 6) is -3.10. The fourth-order valence-corrected chi connectivity index (χ4v) is 10.9. The van der Waals surface area contributed by atoms with Crippen molar-refractivity contribution in [2.24, 2.45) is 46.2 Å². The Morgan fingerprint density at radius 3 is 2.27 bits per heavy atom. The second kappa shape index (κ2) is 13.4. The van der Waals surface area contributed by atoms with Crippen molar-refractivity contribution in [3.63, 3.8) is 0 Å². The van der Waals surface area contributed by atoms with E-state index in [1.165, 1.54) is 0 Å². The molecular weight excluding hydrogens is 678 g/mol. The Hall–Kier alpha value is -1.74. The zero-order valence-corrected chi connectivity index (χ0v) is 28.8. The molecule has 0 aromatic heterocycles. The van der Waals surface area contributed by atoms with Crippen molar-refractivity contribution in [3.8, 4) is 0 Å². The van der Waals surface area contributed by atoms with Crippen LogP contribution in [-0.4, -0.2) is 97.6 Å². The Balaban J connectivity index is 1.51. The molecular formula is C30H47NO15S2. The summed E-state index contributed by atoms with van der Waals surface area (Å²) in [5.41, 5.74) is 5.56. The zero-order chi connectivity index (χ0) is 35.6. The number of nitrogens with two attached hydrogens (primary N) is 1. The summed E-state index contributed by atoms with van der Waals surface area (Å²) in [7, 11) is -10.7. The number of carbonyl (C=O) groups is 2. The molecule has 4 aliphatic carbocycles. The second-order valence-electron chi connectivity index (χ2n) is 14.8. The molecule has 4 saturated carbocycles. The van der Waals surface area contributed by atoms with Crippen molar-refractivity contribution in [2.75, 3.05) is 6.54 Å². The predicted molar refractivity (Wildman–Crippen MR) is 164 cm³/mol. The van der Waals surface area contributed by atoms with E-state index in [0.717, 1.165) is 24.8 Å². The molecule has 16 nitrogen and oxygen atoms in total. The number of ether oxygens (including phenoxy) is 3. The Morgan fingerprint density at radius 2 is 1.69 bits per heavy atom. The highest BCUT2D eigenvalue weighted by atomic mass is 32.3. The van der Waals surface area contributed by atoms with E-state index in [1.807, 2.05) is 6.92 Å². The summed E-state index contributed by atoms with van der Waals surface area (Å²) in [5, 5.41) is 21.9. The maximum Gasteiger partial charge on any atom is 0.397 e. The van der Waals surface area contributed by atoms with E-state index >= 15 is 0 Å². The van der Waals surface area contributed by atoms with Gasteiger partial charge in [0.15, 0.2) is 18.5 Å². The summed E-state index contributed by atoms with van der Waals surface area (Å²) < 4.78 is 94.0. The lowest BCUT2D eigenvalue weighted by molar-refractivity contribution is -0.311. The first kappa shape index (κ1) is 37.5. The van der Waals surface area contributed by atoms with Crippen LogP contribution in [0.4, 0.5) is 0 Å². The van der Waals surface area contributed by atoms with Crippen molar-refractivity contribution in [2.45, 2.75) is 115 Å². The molecule has 0 radical (unpaired) electrons. The van der Waals surface area contributed by atoms with Gasteiger partial charge in [0.05, 0.1) is 18.1 Å². The van der Waals surface area contributed by atoms with E-state index in [0.29, 0.717) is 19.3 Å². The van der Waals surface area contributed by atoms with Gasteiger partial charge in [-0.25, -0.2) is 8.37 Å². The van der Waals surface area contributed by atoms with E-state index in [4.69, 9.17) is 24.1 Å². The van der Waals surface area contributed by atoms with Gasteiger partial charge in [-0.2, -0.15) is 16.8 Å². The normalized spacial score (nSPS) is 43.0. The van der Waals surface area contributed by atoms with Crippen LogP contribution < -0.4 is 5.73 Å². The quantitative estimate of drug-likeness (QED) is 0.0878. The van der Waals surface area contributed by atoms with Gasteiger partial charge in [0.1, 0.15) is 12.2 Å². The maximum absolute atomic E-state index is 12.9. The Labute approximate surface area is 280 Å². The largest absolute Gasteiger partial charge is 0.481 e. The molecule has 0 aromatic carbocycles. The molecule has 6 N–H and O–H groups in total. The van der Waals surface area contributed by atoms with Crippen LogP contribution in [0.2, 0.25) is 0 Å². The van der Waals surface area contributed by atoms with Crippen molar-refractivity contribution < 1.29 is 68.3 Å². The van der Waals surface area contributed by atoms with Crippen LogP contribution in [0.25, 0.3) is 0 Å². The average molecular weight is 726 g/mol. The number of rotatable bonds is 11. The van der Waals surface area contributed by atoms with Gasteiger partial charge in [-0.3, -0.25) is 18.7 Å². The molecule has 48 heavy (non-hydrogen) atoms. The van der Waals surface area contributed by atoms with Gasteiger partial charge < -0.3 is 30.2 Å². The number of hydrogen-bond acceptors (Lipinski definition) is 13. The number of aliphatic hydroxyl groups excluding tert-OH is 1. The molecule has 8 unspecified atom stereocenters. The fraction of sp³-hybridized carbons (Fsp3) is 0.867. The molecule has 5 rings (SSSR count). The molecule has 13 atom stereocenters. The van der Waals surface area contributed by atoms with Crippen LogP contribution in [0.15, 0.2) is 12.2 Å². The van der Waals surface area contributed by atoms with Crippen LogP contribution in [-0.2, 0) is 53.0 Å². The average Bonchev–Trinajstić information content (AvgIpc) is 3.12. The Morgan fingerprint density at radius 1 is 1.04 bits per heavy atom. The molecule has 1 heterocycles. The smallest absolute Gasteiger partial charge is 0.397 e. The fourth-order valence-electron chi connectivity index (χ4n) is 9.87. The van der Waals surface area contributed by atoms with Crippen molar-refractivity contribution >= 4 is 32.7 Å². The van der Waals surface area contributed by atoms with Gasteiger partial charge in [-0.15, -0.1) is 0 Å².